The molecule has 0 aliphatic carbocycles. The highest BCUT2D eigenvalue weighted by atomic mass is 35.5. The van der Waals surface area contributed by atoms with Gasteiger partial charge in [-0.05, 0) is 35.9 Å². The van der Waals surface area contributed by atoms with Crippen LogP contribution in [0.1, 0.15) is 37.8 Å². The summed E-state index contributed by atoms with van der Waals surface area (Å²) in [4.78, 5) is 14.9. The van der Waals surface area contributed by atoms with E-state index in [1.165, 1.54) is 5.56 Å². The average molecular weight is 382 g/mol. The van der Waals surface area contributed by atoms with Crippen molar-refractivity contribution in [2.45, 2.75) is 45.8 Å². The summed E-state index contributed by atoms with van der Waals surface area (Å²) in [5, 5.41) is 6.47. The van der Waals surface area contributed by atoms with E-state index < -0.39 is 0 Å². The number of piperidine rings is 1. The van der Waals surface area contributed by atoms with Crippen LogP contribution in [-0.4, -0.2) is 49.7 Å². The van der Waals surface area contributed by atoms with Gasteiger partial charge in [0.15, 0.2) is 0 Å². The Labute approximate surface area is 163 Å². The second kappa shape index (κ2) is 9.70. The molecule has 3 rings (SSSR count). The van der Waals surface area contributed by atoms with Gasteiger partial charge in [0.25, 0.3) is 0 Å². The monoisotopic (exact) mass is 381 g/mol. The number of morpholine rings is 1. The van der Waals surface area contributed by atoms with Gasteiger partial charge in [-0.15, -0.1) is 12.4 Å². The summed E-state index contributed by atoms with van der Waals surface area (Å²) >= 11 is 0. The number of carbonyl (C=O) groups excluding carboxylic acids is 1. The molecule has 2 aliphatic heterocycles. The van der Waals surface area contributed by atoms with Gasteiger partial charge in [0.05, 0.1) is 19.3 Å². The Kier molecular flexibility index (Phi) is 7.89. The smallest absolute Gasteiger partial charge is 0.237 e. The van der Waals surface area contributed by atoms with E-state index in [0.29, 0.717) is 6.54 Å². The van der Waals surface area contributed by atoms with Crippen molar-refractivity contribution < 1.29 is 9.53 Å². The fourth-order valence-electron chi connectivity index (χ4n) is 3.73. The summed E-state index contributed by atoms with van der Waals surface area (Å²) < 4.78 is 5.39. The number of halogens is 1. The Morgan fingerprint density at radius 2 is 1.88 bits per heavy atom. The standard InChI is InChI=1S/C20H31N3O2.ClH/c1-20(2)8-3-9-21-18(20)19(24)22-14-16-4-6-17(7-5-16)15-23-10-12-25-13-11-23;/h4-7,18,21H,3,8-15H2,1-2H3,(H,22,24);1H. The first-order valence-corrected chi connectivity index (χ1v) is 9.44. The number of ether oxygens (including phenoxy) is 1. The van der Waals surface area contributed by atoms with Crippen LogP contribution in [0.15, 0.2) is 24.3 Å². The number of nitrogens with zero attached hydrogens (tertiary/aromatic N) is 1. The summed E-state index contributed by atoms with van der Waals surface area (Å²) in [6.07, 6.45) is 2.23. The summed E-state index contributed by atoms with van der Waals surface area (Å²) in [7, 11) is 0. The van der Waals surface area contributed by atoms with Crippen LogP contribution in [0.5, 0.6) is 0 Å². The van der Waals surface area contributed by atoms with Gasteiger partial charge in [-0.25, -0.2) is 0 Å². The van der Waals surface area contributed by atoms with E-state index in [-0.39, 0.29) is 29.8 Å². The van der Waals surface area contributed by atoms with Crippen molar-refractivity contribution in [3.8, 4) is 0 Å². The first-order chi connectivity index (χ1) is 12.0. The van der Waals surface area contributed by atoms with Crippen LogP contribution < -0.4 is 10.6 Å². The topological polar surface area (TPSA) is 53.6 Å². The molecule has 1 aromatic carbocycles. The Balaban J connectivity index is 0.00000243. The maximum Gasteiger partial charge on any atom is 0.237 e. The number of carbonyl (C=O) groups is 1. The molecule has 1 unspecified atom stereocenters. The van der Waals surface area contributed by atoms with E-state index in [4.69, 9.17) is 4.74 Å². The lowest BCUT2D eigenvalue weighted by molar-refractivity contribution is -0.126. The zero-order valence-electron chi connectivity index (χ0n) is 15.9. The average Bonchev–Trinajstić information content (AvgIpc) is 2.61. The Morgan fingerprint density at radius 3 is 2.54 bits per heavy atom. The lowest BCUT2D eigenvalue weighted by Gasteiger charge is -2.38. The summed E-state index contributed by atoms with van der Waals surface area (Å²) in [5.74, 6) is 0.113. The van der Waals surface area contributed by atoms with E-state index in [0.717, 1.165) is 57.8 Å². The first kappa shape index (κ1) is 21.2. The number of nitrogens with one attached hydrogen (secondary N) is 2. The third kappa shape index (κ3) is 5.68. The van der Waals surface area contributed by atoms with E-state index in [9.17, 15) is 4.79 Å². The highest BCUT2D eigenvalue weighted by Crippen LogP contribution is 2.30. The van der Waals surface area contributed by atoms with Crippen molar-refractivity contribution in [2.75, 3.05) is 32.8 Å². The molecule has 2 N–H and O–H groups in total. The molecule has 26 heavy (non-hydrogen) atoms. The van der Waals surface area contributed by atoms with Crippen LogP contribution in [-0.2, 0) is 22.6 Å². The van der Waals surface area contributed by atoms with Crippen molar-refractivity contribution in [1.29, 1.82) is 0 Å². The summed E-state index contributed by atoms with van der Waals surface area (Å²) in [6.45, 7) is 10.5. The molecule has 146 valence electrons. The lowest BCUT2D eigenvalue weighted by Crippen LogP contribution is -2.55. The number of rotatable bonds is 5. The molecule has 2 saturated heterocycles. The number of benzene rings is 1. The maximum atomic E-state index is 12.5. The van der Waals surface area contributed by atoms with Crippen LogP contribution in [0.2, 0.25) is 0 Å². The fraction of sp³-hybridized carbons (Fsp3) is 0.650. The molecular formula is C20H32ClN3O2. The van der Waals surface area contributed by atoms with Crippen molar-refractivity contribution >= 4 is 18.3 Å². The normalized spacial score (nSPS) is 23.1. The Hall–Kier alpha value is -1.14. The highest BCUT2D eigenvalue weighted by molar-refractivity contribution is 5.85. The lowest BCUT2D eigenvalue weighted by atomic mass is 9.77. The molecule has 1 aromatic rings. The molecule has 6 heteroatoms. The molecular weight excluding hydrogens is 350 g/mol. The number of hydrogen-bond acceptors (Lipinski definition) is 4. The fourth-order valence-corrected chi connectivity index (χ4v) is 3.73. The zero-order chi connectivity index (χ0) is 17.7. The molecule has 2 heterocycles. The Morgan fingerprint density at radius 1 is 1.23 bits per heavy atom. The molecule has 0 bridgehead atoms. The van der Waals surface area contributed by atoms with Crippen LogP contribution in [0.3, 0.4) is 0 Å². The Bertz CT molecular complexity index is 571. The molecule has 5 nitrogen and oxygen atoms in total. The van der Waals surface area contributed by atoms with Crippen molar-refractivity contribution in [3.63, 3.8) is 0 Å². The molecule has 0 aromatic heterocycles. The summed E-state index contributed by atoms with van der Waals surface area (Å²) in [5.41, 5.74) is 2.48. The van der Waals surface area contributed by atoms with Crippen LogP contribution in [0, 0.1) is 5.41 Å². The van der Waals surface area contributed by atoms with Gasteiger partial charge in [-0.1, -0.05) is 38.1 Å². The van der Waals surface area contributed by atoms with E-state index in [2.05, 4.69) is 53.6 Å². The number of amides is 1. The minimum Gasteiger partial charge on any atom is -0.379 e. The van der Waals surface area contributed by atoms with Crippen molar-refractivity contribution in [1.82, 2.24) is 15.5 Å². The van der Waals surface area contributed by atoms with Crippen LogP contribution in [0.25, 0.3) is 0 Å². The van der Waals surface area contributed by atoms with Gasteiger partial charge in [0.2, 0.25) is 5.91 Å². The zero-order valence-corrected chi connectivity index (χ0v) is 16.7. The molecule has 0 spiro atoms. The van der Waals surface area contributed by atoms with E-state index in [1.54, 1.807) is 0 Å². The third-order valence-corrected chi connectivity index (χ3v) is 5.39. The van der Waals surface area contributed by atoms with Gasteiger partial charge < -0.3 is 15.4 Å². The van der Waals surface area contributed by atoms with Crippen LogP contribution >= 0.6 is 12.4 Å². The molecule has 0 saturated carbocycles. The summed E-state index contributed by atoms with van der Waals surface area (Å²) in [6, 6.07) is 8.48. The third-order valence-electron chi connectivity index (χ3n) is 5.39. The van der Waals surface area contributed by atoms with Gasteiger partial charge in [-0.3, -0.25) is 9.69 Å². The van der Waals surface area contributed by atoms with E-state index >= 15 is 0 Å². The maximum absolute atomic E-state index is 12.5. The van der Waals surface area contributed by atoms with Crippen molar-refractivity contribution in [3.05, 3.63) is 35.4 Å². The predicted molar refractivity (Wildman–Crippen MR) is 106 cm³/mol. The van der Waals surface area contributed by atoms with Gasteiger partial charge in [0, 0.05) is 26.2 Å². The van der Waals surface area contributed by atoms with Gasteiger partial charge in [0.1, 0.15) is 0 Å². The van der Waals surface area contributed by atoms with Crippen molar-refractivity contribution in [2.24, 2.45) is 5.41 Å². The molecule has 2 fully saturated rings. The molecule has 1 atom stereocenters. The van der Waals surface area contributed by atoms with Crippen LogP contribution in [0.4, 0.5) is 0 Å². The second-order valence-corrected chi connectivity index (χ2v) is 7.90. The first-order valence-electron chi connectivity index (χ1n) is 9.44. The SMILES string of the molecule is CC1(C)CCCNC1C(=O)NCc1ccc(CN2CCOCC2)cc1.Cl. The molecule has 2 aliphatic rings. The van der Waals surface area contributed by atoms with E-state index in [1.807, 2.05) is 0 Å². The molecule has 0 radical (unpaired) electrons. The van der Waals surface area contributed by atoms with Gasteiger partial charge >= 0.3 is 0 Å². The second-order valence-electron chi connectivity index (χ2n) is 7.90. The minimum absolute atomic E-state index is 0. The largest absolute Gasteiger partial charge is 0.379 e. The minimum atomic E-state index is -0.0955. The number of hydrogen-bond donors (Lipinski definition) is 2. The quantitative estimate of drug-likeness (QED) is 0.822. The predicted octanol–water partition coefficient (Wildman–Crippen LogP) is 2.34. The highest BCUT2D eigenvalue weighted by Gasteiger charge is 2.36. The molecule has 1 amide bonds. The van der Waals surface area contributed by atoms with Gasteiger partial charge in [-0.2, -0.15) is 0 Å².